The molecule has 5 rings (SSSR count). The van der Waals surface area contributed by atoms with E-state index in [-0.39, 0.29) is 11.6 Å². The van der Waals surface area contributed by atoms with Crippen molar-refractivity contribution in [2.75, 3.05) is 26.2 Å². The number of fused-ring (bicyclic) bond motifs is 3. The van der Waals surface area contributed by atoms with Crippen molar-refractivity contribution < 1.29 is 4.79 Å². The molecule has 0 atom stereocenters. The highest BCUT2D eigenvalue weighted by atomic mass is 16.2. The number of carbonyl (C=O) groups is 1. The fourth-order valence-corrected chi connectivity index (χ4v) is 5.99. The first-order valence-electron chi connectivity index (χ1n) is 12.3. The van der Waals surface area contributed by atoms with Crippen molar-refractivity contribution >= 4 is 16.9 Å². The van der Waals surface area contributed by atoms with E-state index >= 15 is 0 Å². The second-order valence-electron chi connectivity index (χ2n) is 9.69. The van der Waals surface area contributed by atoms with Crippen LogP contribution in [0.1, 0.15) is 43.7 Å². The van der Waals surface area contributed by atoms with E-state index in [1.807, 2.05) is 28.8 Å². The van der Waals surface area contributed by atoms with Gasteiger partial charge in [-0.3, -0.25) is 13.9 Å². The Labute approximate surface area is 195 Å². The topological polar surface area (TPSA) is 59.3 Å². The number of likely N-dealkylation sites (tertiary alicyclic amines) is 1. The van der Waals surface area contributed by atoms with Crippen molar-refractivity contribution in [2.24, 2.45) is 0 Å². The Morgan fingerprint density at radius 1 is 0.909 bits per heavy atom. The number of nitrogens with one attached hydrogen (secondary N) is 1. The van der Waals surface area contributed by atoms with Crippen LogP contribution in [0.2, 0.25) is 0 Å². The summed E-state index contributed by atoms with van der Waals surface area (Å²) in [5, 5.41) is 2.79. The van der Waals surface area contributed by atoms with Crippen molar-refractivity contribution in [1.82, 2.24) is 19.4 Å². The van der Waals surface area contributed by atoms with E-state index in [0.29, 0.717) is 18.5 Å². The number of imidazole rings is 1. The molecule has 0 saturated carbocycles. The maximum Gasteiger partial charge on any atom is 0.329 e. The first kappa shape index (κ1) is 22.0. The summed E-state index contributed by atoms with van der Waals surface area (Å²) < 4.78 is 3.69. The van der Waals surface area contributed by atoms with Crippen LogP contribution in [0.3, 0.4) is 0 Å². The fourth-order valence-electron chi connectivity index (χ4n) is 5.99. The van der Waals surface area contributed by atoms with Crippen molar-refractivity contribution in [2.45, 2.75) is 57.5 Å². The molecule has 1 spiro atoms. The average molecular weight is 447 g/mol. The number of hydrogen-bond acceptors (Lipinski definition) is 3. The molecule has 33 heavy (non-hydrogen) atoms. The van der Waals surface area contributed by atoms with Gasteiger partial charge in [0.2, 0.25) is 5.91 Å². The molecule has 2 heterocycles. The minimum atomic E-state index is -0.0730. The number of hydrogen-bond donors (Lipinski definition) is 1. The average Bonchev–Trinajstić information content (AvgIpc) is 3.31. The monoisotopic (exact) mass is 446 g/mol. The van der Waals surface area contributed by atoms with E-state index in [0.717, 1.165) is 43.6 Å². The summed E-state index contributed by atoms with van der Waals surface area (Å²) in [6.07, 6.45) is 5.97. The van der Waals surface area contributed by atoms with Crippen molar-refractivity contribution in [3.8, 4) is 0 Å². The number of amides is 1. The Hall–Kier alpha value is -2.86. The highest BCUT2D eigenvalue weighted by Crippen LogP contribution is 2.46. The molecule has 0 radical (unpaired) electrons. The Bertz CT molecular complexity index is 1200. The minimum absolute atomic E-state index is 0.0155. The van der Waals surface area contributed by atoms with Crippen molar-refractivity contribution in [1.29, 1.82) is 0 Å². The lowest BCUT2D eigenvalue weighted by atomic mass is 9.74. The van der Waals surface area contributed by atoms with E-state index in [1.54, 1.807) is 15.7 Å². The van der Waals surface area contributed by atoms with Gasteiger partial charge in [0.25, 0.3) is 0 Å². The molecule has 174 valence electrons. The maximum absolute atomic E-state index is 13.1. The number of benzene rings is 2. The summed E-state index contributed by atoms with van der Waals surface area (Å²) in [6, 6.07) is 17.0. The first-order valence-corrected chi connectivity index (χ1v) is 12.3. The number of rotatable bonds is 7. The van der Waals surface area contributed by atoms with E-state index in [1.165, 1.54) is 32.6 Å². The van der Waals surface area contributed by atoms with E-state index in [4.69, 9.17) is 0 Å². The summed E-state index contributed by atoms with van der Waals surface area (Å²) in [5.41, 5.74) is 5.48. The number of aryl methyl sites for hydroxylation is 2. The molecular formula is C27H34N4O2. The van der Waals surface area contributed by atoms with Gasteiger partial charge in [0.05, 0.1) is 11.0 Å². The highest BCUT2D eigenvalue weighted by Gasteiger charge is 2.40. The second kappa shape index (κ2) is 9.18. The predicted octanol–water partition coefficient (Wildman–Crippen LogP) is 3.31. The quantitative estimate of drug-likeness (QED) is 0.606. The molecule has 3 aromatic rings. The van der Waals surface area contributed by atoms with Gasteiger partial charge in [-0.1, -0.05) is 36.4 Å². The van der Waals surface area contributed by atoms with Crippen LogP contribution in [0.25, 0.3) is 11.0 Å². The molecule has 0 bridgehead atoms. The van der Waals surface area contributed by atoms with Gasteiger partial charge in [-0.05, 0) is 80.4 Å². The molecule has 2 aliphatic rings. The van der Waals surface area contributed by atoms with E-state index < -0.39 is 0 Å². The lowest BCUT2D eigenvalue weighted by molar-refractivity contribution is -0.118. The van der Waals surface area contributed by atoms with Gasteiger partial charge in [-0.15, -0.1) is 0 Å². The zero-order chi connectivity index (χ0) is 22.8. The van der Waals surface area contributed by atoms with Crippen LogP contribution < -0.4 is 11.0 Å². The molecule has 1 amide bonds. The molecule has 6 nitrogen and oxygen atoms in total. The van der Waals surface area contributed by atoms with Crippen LogP contribution in [-0.4, -0.2) is 46.1 Å². The Morgan fingerprint density at radius 3 is 2.30 bits per heavy atom. The van der Waals surface area contributed by atoms with Crippen molar-refractivity contribution in [3.05, 3.63) is 70.1 Å². The number of nitrogens with zero attached hydrogens (tertiary/aromatic N) is 3. The zero-order valence-corrected chi connectivity index (χ0v) is 19.6. The molecule has 2 aromatic carbocycles. The van der Waals surface area contributed by atoms with Crippen LogP contribution in [0.5, 0.6) is 0 Å². The smallest absolute Gasteiger partial charge is 0.329 e. The van der Waals surface area contributed by atoms with Gasteiger partial charge in [0.15, 0.2) is 0 Å². The second-order valence-corrected chi connectivity index (χ2v) is 9.69. The summed E-state index contributed by atoms with van der Waals surface area (Å²) in [5.74, 6) is -0.0730. The van der Waals surface area contributed by atoms with Gasteiger partial charge in [0, 0.05) is 26.6 Å². The van der Waals surface area contributed by atoms with Crippen LogP contribution in [0.4, 0.5) is 0 Å². The van der Waals surface area contributed by atoms with Crippen LogP contribution in [0, 0.1) is 0 Å². The summed E-state index contributed by atoms with van der Waals surface area (Å²) in [7, 11) is 0. The minimum Gasteiger partial charge on any atom is -0.355 e. The van der Waals surface area contributed by atoms with Crippen molar-refractivity contribution in [3.63, 3.8) is 0 Å². The molecule has 1 aliphatic carbocycles. The zero-order valence-electron chi connectivity index (χ0n) is 19.6. The number of aromatic nitrogens is 2. The summed E-state index contributed by atoms with van der Waals surface area (Å²) in [4.78, 5) is 26.9. The van der Waals surface area contributed by atoms with Crippen LogP contribution in [0.15, 0.2) is 53.3 Å². The lowest BCUT2D eigenvalue weighted by Gasteiger charge is -2.40. The number of carbonyl (C=O) groups excluding carboxylic acids is 1. The Balaban J connectivity index is 1.21. The number of piperidine rings is 1. The molecule has 6 heteroatoms. The summed E-state index contributed by atoms with van der Waals surface area (Å²) in [6.45, 7) is 6.47. The standard InChI is InChI=1S/C27H34N4O2/c1-21(32)28-15-20-31-25-10-5-4-9-24(25)30(26(31)33)17-6-16-29-18-13-27(14-19-29)12-11-22-7-2-3-8-23(22)27/h2-5,7-10H,6,11-20H2,1H3,(H,28,32). The SMILES string of the molecule is CC(=O)NCCn1c(=O)n(CCCN2CCC3(CCc4ccccc43)CC2)c2ccccc21. The van der Waals surface area contributed by atoms with E-state index in [9.17, 15) is 9.59 Å². The van der Waals surface area contributed by atoms with E-state index in [2.05, 4.69) is 34.5 Å². The third-order valence-corrected chi connectivity index (χ3v) is 7.77. The van der Waals surface area contributed by atoms with Gasteiger partial charge in [0.1, 0.15) is 0 Å². The molecule has 0 unspecified atom stereocenters. The molecule has 1 aromatic heterocycles. The predicted molar refractivity (Wildman–Crippen MR) is 132 cm³/mol. The van der Waals surface area contributed by atoms with Gasteiger partial charge < -0.3 is 10.2 Å². The lowest BCUT2D eigenvalue weighted by Crippen LogP contribution is -2.42. The molecular weight excluding hydrogens is 412 g/mol. The molecule has 1 saturated heterocycles. The fraction of sp³-hybridized carbons (Fsp3) is 0.481. The van der Waals surface area contributed by atoms with Crippen LogP contribution in [-0.2, 0) is 29.7 Å². The largest absolute Gasteiger partial charge is 0.355 e. The molecule has 1 fully saturated rings. The molecule has 1 aliphatic heterocycles. The highest BCUT2D eigenvalue weighted by molar-refractivity contribution is 5.76. The van der Waals surface area contributed by atoms with Gasteiger partial charge >= 0.3 is 5.69 Å². The van der Waals surface area contributed by atoms with Gasteiger partial charge in [-0.2, -0.15) is 0 Å². The van der Waals surface area contributed by atoms with Gasteiger partial charge in [-0.25, -0.2) is 4.79 Å². The number of para-hydroxylation sites is 2. The third kappa shape index (κ3) is 4.24. The Kier molecular flexibility index (Phi) is 6.11. The third-order valence-electron chi connectivity index (χ3n) is 7.77. The molecule has 1 N–H and O–H groups in total. The first-order chi connectivity index (χ1) is 16.1. The Morgan fingerprint density at radius 2 is 1.58 bits per heavy atom. The van der Waals surface area contributed by atoms with Crippen LogP contribution >= 0.6 is 0 Å². The summed E-state index contributed by atoms with van der Waals surface area (Å²) >= 11 is 0. The normalized spacial score (nSPS) is 17.5. The maximum atomic E-state index is 13.1.